The lowest BCUT2D eigenvalue weighted by Gasteiger charge is -2.30. The quantitative estimate of drug-likeness (QED) is 0.865. The lowest BCUT2D eigenvalue weighted by Crippen LogP contribution is -2.39. The molecule has 1 N–H and O–H groups in total. The number of pyridine rings is 1. The van der Waals surface area contributed by atoms with E-state index >= 15 is 0 Å². The summed E-state index contributed by atoms with van der Waals surface area (Å²) in [7, 11) is 0. The van der Waals surface area contributed by atoms with E-state index < -0.39 is 5.97 Å². The van der Waals surface area contributed by atoms with E-state index in [1.165, 1.54) is 18.2 Å². The van der Waals surface area contributed by atoms with E-state index in [2.05, 4.69) is 15.0 Å². The fraction of sp³-hybridized carbons (Fsp3) is 0.462. The zero-order chi connectivity index (χ0) is 13.9. The Balaban J connectivity index is 2.00. The van der Waals surface area contributed by atoms with Crippen LogP contribution in [-0.4, -0.2) is 44.6 Å². The number of hydrogen-bond acceptors (Lipinski definition) is 5. The molecule has 0 saturated carbocycles. The molecule has 20 heavy (non-hydrogen) atoms. The second-order valence-corrected chi connectivity index (χ2v) is 5.69. The summed E-state index contributed by atoms with van der Waals surface area (Å²) in [6.07, 6.45) is 5.29. The minimum atomic E-state index is -0.833. The van der Waals surface area contributed by atoms with Gasteiger partial charge in [-0.25, -0.2) is 14.6 Å². The highest BCUT2D eigenvalue weighted by Crippen LogP contribution is 2.24. The number of carbonyl (C=O) groups is 1. The van der Waals surface area contributed by atoms with Crippen LogP contribution in [0.25, 0.3) is 11.2 Å². The van der Waals surface area contributed by atoms with Gasteiger partial charge >= 0.3 is 5.97 Å². The van der Waals surface area contributed by atoms with Gasteiger partial charge in [-0.3, -0.25) is 4.79 Å². The molecule has 1 aliphatic heterocycles. The molecule has 2 aromatic rings. The predicted molar refractivity (Wildman–Crippen MR) is 77.7 cm³/mol. The van der Waals surface area contributed by atoms with E-state index in [1.54, 1.807) is 6.20 Å². The monoisotopic (exact) mass is 292 g/mol. The van der Waals surface area contributed by atoms with Crippen LogP contribution in [-0.2, 0) is 4.79 Å². The molecule has 0 atom stereocenters. The molecule has 0 spiro atoms. The smallest absolute Gasteiger partial charge is 0.313 e. The Morgan fingerprint density at radius 3 is 2.90 bits per heavy atom. The number of fused-ring (bicyclic) bond motifs is 1. The molecule has 0 bridgehead atoms. The summed E-state index contributed by atoms with van der Waals surface area (Å²) in [6, 6.07) is 3.76. The second kappa shape index (κ2) is 5.70. The number of piperidine rings is 1. The summed E-state index contributed by atoms with van der Waals surface area (Å²) in [6.45, 7) is 1.92. The first kappa shape index (κ1) is 13.2. The van der Waals surface area contributed by atoms with Gasteiger partial charge in [0.2, 0.25) is 0 Å². The van der Waals surface area contributed by atoms with Gasteiger partial charge in [0.1, 0.15) is 5.52 Å². The lowest BCUT2D eigenvalue weighted by molar-refractivity contribution is -0.133. The van der Waals surface area contributed by atoms with E-state index in [0.29, 0.717) is 5.16 Å². The lowest BCUT2D eigenvalue weighted by atomic mass is 10.2. The first-order valence-corrected chi connectivity index (χ1v) is 7.67. The number of imidazole rings is 1. The van der Waals surface area contributed by atoms with E-state index in [1.807, 2.05) is 16.8 Å². The van der Waals surface area contributed by atoms with Crippen molar-refractivity contribution in [2.45, 2.75) is 24.4 Å². The summed E-state index contributed by atoms with van der Waals surface area (Å²) in [5.41, 5.74) is 1.62. The summed E-state index contributed by atoms with van der Waals surface area (Å²) < 4.78 is 1.99. The van der Waals surface area contributed by atoms with Crippen LogP contribution in [0, 0.1) is 0 Å². The zero-order valence-electron chi connectivity index (χ0n) is 11.0. The third-order valence-corrected chi connectivity index (χ3v) is 4.22. The predicted octanol–water partition coefficient (Wildman–Crippen LogP) is 1.73. The van der Waals surface area contributed by atoms with Crippen LogP contribution in [0.3, 0.4) is 0 Å². The Morgan fingerprint density at radius 2 is 2.15 bits per heavy atom. The Hall–Kier alpha value is -1.76. The van der Waals surface area contributed by atoms with Crippen molar-refractivity contribution in [1.29, 1.82) is 0 Å². The third kappa shape index (κ3) is 2.58. The standard InChI is InChI=1S/C13H16N4O2S/c18-11(19)9-20-13-15-10-5-4-6-14-12(10)17(13)16-7-2-1-3-8-16/h4-6H,1-3,7-9H2,(H,18,19). The fourth-order valence-corrected chi connectivity index (χ4v) is 3.17. The van der Waals surface area contributed by atoms with Crippen molar-refractivity contribution < 1.29 is 9.90 Å². The Kier molecular flexibility index (Phi) is 3.77. The third-order valence-electron chi connectivity index (χ3n) is 3.30. The molecule has 0 unspecified atom stereocenters. The van der Waals surface area contributed by atoms with E-state index in [0.717, 1.165) is 37.1 Å². The largest absolute Gasteiger partial charge is 0.481 e. The summed E-state index contributed by atoms with van der Waals surface area (Å²) in [4.78, 5) is 19.7. The Morgan fingerprint density at radius 1 is 1.35 bits per heavy atom. The minimum Gasteiger partial charge on any atom is -0.481 e. The number of thioether (sulfide) groups is 1. The number of hydrogen-bond donors (Lipinski definition) is 1. The molecular formula is C13H16N4O2S. The van der Waals surface area contributed by atoms with Crippen LogP contribution in [0.5, 0.6) is 0 Å². The highest BCUT2D eigenvalue weighted by atomic mass is 32.2. The van der Waals surface area contributed by atoms with Crippen LogP contribution in [0.2, 0.25) is 0 Å². The maximum absolute atomic E-state index is 10.8. The number of carboxylic acids is 1. The van der Waals surface area contributed by atoms with Gasteiger partial charge < -0.3 is 10.1 Å². The fourth-order valence-electron chi connectivity index (χ4n) is 2.43. The maximum Gasteiger partial charge on any atom is 0.313 e. The minimum absolute atomic E-state index is 0.0111. The normalized spacial score (nSPS) is 15.7. The van der Waals surface area contributed by atoms with Gasteiger partial charge in [-0.2, -0.15) is 0 Å². The molecule has 0 aromatic carbocycles. The highest BCUT2D eigenvalue weighted by Gasteiger charge is 2.20. The van der Waals surface area contributed by atoms with Crippen LogP contribution >= 0.6 is 11.8 Å². The Bertz CT molecular complexity index is 622. The molecule has 0 amide bonds. The molecular weight excluding hydrogens is 276 g/mol. The van der Waals surface area contributed by atoms with E-state index in [-0.39, 0.29) is 5.75 Å². The molecule has 3 heterocycles. The molecule has 0 aliphatic carbocycles. The molecule has 7 heteroatoms. The molecule has 1 saturated heterocycles. The zero-order valence-corrected chi connectivity index (χ0v) is 11.8. The average molecular weight is 292 g/mol. The van der Waals surface area contributed by atoms with Crippen LogP contribution < -0.4 is 5.01 Å². The molecule has 1 fully saturated rings. The maximum atomic E-state index is 10.8. The first-order valence-electron chi connectivity index (χ1n) is 6.69. The van der Waals surface area contributed by atoms with Crippen molar-refractivity contribution in [3.8, 4) is 0 Å². The van der Waals surface area contributed by atoms with Gasteiger partial charge in [-0.1, -0.05) is 11.8 Å². The van der Waals surface area contributed by atoms with Gasteiger partial charge in [0.05, 0.1) is 5.75 Å². The SMILES string of the molecule is O=C(O)CSc1nc2cccnc2n1N1CCCCC1. The first-order chi connectivity index (χ1) is 9.75. The van der Waals surface area contributed by atoms with Crippen LogP contribution in [0.4, 0.5) is 0 Å². The van der Waals surface area contributed by atoms with Crippen LogP contribution in [0.15, 0.2) is 23.5 Å². The van der Waals surface area contributed by atoms with Crippen molar-refractivity contribution in [3.05, 3.63) is 18.3 Å². The summed E-state index contributed by atoms with van der Waals surface area (Å²) >= 11 is 1.25. The molecule has 106 valence electrons. The van der Waals surface area contributed by atoms with Crippen molar-refractivity contribution >= 4 is 28.9 Å². The number of carboxylic acid groups (broad SMARTS) is 1. The number of nitrogens with zero attached hydrogens (tertiary/aromatic N) is 4. The van der Waals surface area contributed by atoms with Gasteiger partial charge in [-0.15, -0.1) is 0 Å². The van der Waals surface area contributed by atoms with Crippen molar-refractivity contribution in [2.75, 3.05) is 23.9 Å². The molecule has 1 aliphatic rings. The molecule has 0 radical (unpaired) electrons. The van der Waals surface area contributed by atoms with Gasteiger partial charge in [0.15, 0.2) is 10.8 Å². The Labute approximate surface area is 120 Å². The van der Waals surface area contributed by atoms with Crippen molar-refractivity contribution in [3.63, 3.8) is 0 Å². The molecule has 6 nitrogen and oxygen atoms in total. The summed E-state index contributed by atoms with van der Waals surface area (Å²) in [5.74, 6) is -0.822. The van der Waals surface area contributed by atoms with Gasteiger partial charge in [-0.05, 0) is 31.4 Å². The average Bonchev–Trinajstić information content (AvgIpc) is 2.84. The van der Waals surface area contributed by atoms with Crippen molar-refractivity contribution in [2.24, 2.45) is 0 Å². The van der Waals surface area contributed by atoms with Crippen LogP contribution in [0.1, 0.15) is 19.3 Å². The van der Waals surface area contributed by atoms with E-state index in [4.69, 9.17) is 5.11 Å². The number of aromatic nitrogens is 3. The topological polar surface area (TPSA) is 71.2 Å². The van der Waals surface area contributed by atoms with E-state index in [9.17, 15) is 4.79 Å². The van der Waals surface area contributed by atoms with Gasteiger partial charge in [0, 0.05) is 19.3 Å². The van der Waals surface area contributed by atoms with Gasteiger partial charge in [0.25, 0.3) is 0 Å². The summed E-state index contributed by atoms with van der Waals surface area (Å²) in [5, 5.41) is 11.8. The number of aliphatic carboxylic acids is 1. The highest BCUT2D eigenvalue weighted by molar-refractivity contribution is 7.99. The second-order valence-electron chi connectivity index (χ2n) is 4.75. The van der Waals surface area contributed by atoms with Crippen molar-refractivity contribution in [1.82, 2.24) is 14.6 Å². The number of rotatable bonds is 4. The molecule has 3 rings (SSSR count). The molecule has 2 aromatic heterocycles.